The van der Waals surface area contributed by atoms with Gasteiger partial charge in [0.05, 0.1) is 0 Å². The summed E-state index contributed by atoms with van der Waals surface area (Å²) in [6.45, 7) is 0. The molecular weight excluding hydrogens is 553 g/mol. The van der Waals surface area contributed by atoms with Gasteiger partial charge in [0.15, 0.2) is 0 Å². The molecule has 0 atom stereocenters. The van der Waals surface area contributed by atoms with E-state index in [-0.39, 0.29) is 0 Å². The Hall–Kier alpha value is -5.98. The quantitative estimate of drug-likeness (QED) is 0.135. The van der Waals surface area contributed by atoms with Crippen molar-refractivity contribution in [3.05, 3.63) is 192 Å². The van der Waals surface area contributed by atoms with E-state index in [0.29, 0.717) is 0 Å². The molecule has 0 N–H and O–H groups in total. The predicted octanol–water partition coefficient (Wildman–Crippen LogP) is 12.8. The zero-order valence-corrected chi connectivity index (χ0v) is 25.5. The molecule has 0 aromatic heterocycles. The molecule has 8 rings (SSSR count). The first-order valence-electron chi connectivity index (χ1n) is 15.9. The Morgan fingerprint density at radius 1 is 0.261 bits per heavy atom. The summed E-state index contributed by atoms with van der Waals surface area (Å²) in [6.07, 6.45) is 9.18. The van der Waals surface area contributed by atoms with E-state index in [2.05, 4.69) is 194 Å². The normalized spacial score (nSPS) is 11.7. The first-order chi connectivity index (χ1) is 22.9. The van der Waals surface area contributed by atoms with Crippen LogP contribution in [0, 0.1) is 0 Å². The zero-order valence-electron chi connectivity index (χ0n) is 25.5. The predicted molar refractivity (Wildman–Crippen MR) is 201 cm³/mol. The lowest BCUT2D eigenvalue weighted by atomic mass is 9.80. The second-order valence-corrected chi connectivity index (χ2v) is 11.6. The highest BCUT2D eigenvalue weighted by Crippen LogP contribution is 2.49. The lowest BCUT2D eigenvalue weighted by Gasteiger charge is -2.23. The molecule has 0 spiro atoms. The van der Waals surface area contributed by atoms with Crippen molar-refractivity contribution in [2.24, 2.45) is 0 Å². The summed E-state index contributed by atoms with van der Waals surface area (Å²) in [4.78, 5) is 0. The summed E-state index contributed by atoms with van der Waals surface area (Å²) in [5.74, 6) is 0. The molecule has 216 valence electrons. The van der Waals surface area contributed by atoms with Gasteiger partial charge < -0.3 is 0 Å². The second-order valence-electron chi connectivity index (χ2n) is 11.6. The topological polar surface area (TPSA) is 0 Å². The van der Waals surface area contributed by atoms with Gasteiger partial charge in [0.25, 0.3) is 0 Å². The number of hydrogen-bond acceptors (Lipinski definition) is 0. The first-order valence-corrected chi connectivity index (χ1v) is 15.9. The van der Waals surface area contributed by atoms with Crippen molar-refractivity contribution in [1.29, 1.82) is 0 Å². The third kappa shape index (κ3) is 5.01. The average Bonchev–Trinajstić information content (AvgIpc) is 3.13. The summed E-state index contributed by atoms with van der Waals surface area (Å²) in [7, 11) is 0. The van der Waals surface area contributed by atoms with E-state index in [4.69, 9.17) is 0 Å². The van der Waals surface area contributed by atoms with Crippen LogP contribution in [0.3, 0.4) is 0 Å². The van der Waals surface area contributed by atoms with Gasteiger partial charge in [0.1, 0.15) is 0 Å². The molecule has 8 aromatic carbocycles. The molecule has 46 heavy (non-hydrogen) atoms. The Morgan fingerprint density at radius 3 is 0.935 bits per heavy atom. The highest BCUT2D eigenvalue weighted by Gasteiger charge is 2.22. The summed E-state index contributed by atoms with van der Waals surface area (Å²) < 4.78 is 0. The van der Waals surface area contributed by atoms with Crippen molar-refractivity contribution in [2.75, 3.05) is 0 Å². The van der Waals surface area contributed by atoms with E-state index in [1.807, 2.05) is 0 Å². The SMILES string of the molecule is C(=Cc1c2ccccc2c(C=Cc2ccccc2)c2c(-c3ccccc3)c3ccccc3c(-c3ccccc3)c12)c1ccccc1. The Morgan fingerprint density at radius 2 is 0.565 bits per heavy atom. The molecule has 0 aliphatic heterocycles. The summed E-state index contributed by atoms with van der Waals surface area (Å²) in [6, 6.07) is 60.9. The Bertz CT molecular complexity index is 2190. The fourth-order valence-corrected chi connectivity index (χ4v) is 6.84. The standard InChI is InChI=1S/C46H32/c1-5-17-33(18-6-1)29-31-41-37-25-13-14-26-38(37)42(32-30-34-19-7-2-8-20-34)46-44(36-23-11-4-12-24-36)40-28-16-15-27-39(40)43(45(41)46)35-21-9-3-10-22-35/h1-32H. The van der Waals surface area contributed by atoms with Crippen LogP contribution in [0.2, 0.25) is 0 Å². The van der Waals surface area contributed by atoms with Crippen molar-refractivity contribution in [2.45, 2.75) is 0 Å². The van der Waals surface area contributed by atoms with Crippen molar-refractivity contribution in [3.8, 4) is 22.3 Å². The molecular formula is C46H32. The minimum atomic E-state index is 1.18. The average molecular weight is 585 g/mol. The molecule has 0 nitrogen and oxygen atoms in total. The van der Waals surface area contributed by atoms with Crippen molar-refractivity contribution < 1.29 is 0 Å². The van der Waals surface area contributed by atoms with Gasteiger partial charge in [-0.25, -0.2) is 0 Å². The van der Waals surface area contributed by atoms with Gasteiger partial charge in [-0.2, -0.15) is 0 Å². The molecule has 0 heterocycles. The van der Waals surface area contributed by atoms with E-state index in [0.717, 1.165) is 0 Å². The number of benzene rings is 8. The highest BCUT2D eigenvalue weighted by molar-refractivity contribution is 6.29. The fourth-order valence-electron chi connectivity index (χ4n) is 6.84. The van der Waals surface area contributed by atoms with Gasteiger partial charge in [0.2, 0.25) is 0 Å². The van der Waals surface area contributed by atoms with Gasteiger partial charge >= 0.3 is 0 Å². The van der Waals surface area contributed by atoms with Crippen LogP contribution in [0.1, 0.15) is 22.3 Å². The molecule has 0 saturated heterocycles. The molecule has 0 radical (unpaired) electrons. The van der Waals surface area contributed by atoms with Crippen molar-refractivity contribution >= 4 is 56.6 Å². The van der Waals surface area contributed by atoms with Crippen LogP contribution >= 0.6 is 0 Å². The van der Waals surface area contributed by atoms with E-state index in [9.17, 15) is 0 Å². The van der Waals surface area contributed by atoms with Crippen LogP contribution in [-0.4, -0.2) is 0 Å². The van der Waals surface area contributed by atoms with E-state index < -0.39 is 0 Å². The Balaban J connectivity index is 1.64. The number of rotatable bonds is 6. The van der Waals surface area contributed by atoms with Crippen LogP contribution in [0.25, 0.3) is 78.9 Å². The van der Waals surface area contributed by atoms with Gasteiger partial charge in [-0.3, -0.25) is 0 Å². The van der Waals surface area contributed by atoms with Gasteiger partial charge in [-0.05, 0) is 76.8 Å². The van der Waals surface area contributed by atoms with Gasteiger partial charge in [-0.1, -0.05) is 194 Å². The summed E-state index contributed by atoms with van der Waals surface area (Å²) in [5, 5.41) is 7.51. The molecule has 0 heteroatoms. The number of fused-ring (bicyclic) bond motifs is 3. The summed E-state index contributed by atoms with van der Waals surface area (Å²) in [5.41, 5.74) is 9.77. The van der Waals surface area contributed by atoms with Crippen LogP contribution < -0.4 is 0 Å². The smallest absolute Gasteiger partial charge is 0.000763 e. The second kappa shape index (κ2) is 12.2. The van der Waals surface area contributed by atoms with E-state index in [1.54, 1.807) is 0 Å². The monoisotopic (exact) mass is 584 g/mol. The molecule has 0 aliphatic rings. The molecule has 0 unspecified atom stereocenters. The van der Waals surface area contributed by atoms with E-state index in [1.165, 1.54) is 76.8 Å². The maximum absolute atomic E-state index is 2.33. The third-order valence-corrected chi connectivity index (χ3v) is 8.87. The van der Waals surface area contributed by atoms with Crippen LogP contribution in [0.5, 0.6) is 0 Å². The minimum Gasteiger partial charge on any atom is -0.0622 e. The number of hydrogen-bond donors (Lipinski definition) is 0. The fraction of sp³-hybridized carbons (Fsp3) is 0. The largest absolute Gasteiger partial charge is 0.0622 e. The lowest BCUT2D eigenvalue weighted by molar-refractivity contribution is 1.64. The first kappa shape index (κ1) is 27.6. The van der Waals surface area contributed by atoms with Gasteiger partial charge in [0, 0.05) is 0 Å². The van der Waals surface area contributed by atoms with Gasteiger partial charge in [-0.15, -0.1) is 0 Å². The lowest BCUT2D eigenvalue weighted by Crippen LogP contribution is -1.97. The zero-order chi connectivity index (χ0) is 30.7. The molecule has 0 aliphatic carbocycles. The molecule has 0 amide bonds. The Labute approximate surface area is 270 Å². The Kier molecular flexibility index (Phi) is 7.30. The molecule has 0 bridgehead atoms. The van der Waals surface area contributed by atoms with Crippen LogP contribution in [-0.2, 0) is 0 Å². The van der Waals surface area contributed by atoms with Crippen LogP contribution in [0.15, 0.2) is 170 Å². The third-order valence-electron chi connectivity index (χ3n) is 8.87. The minimum absolute atomic E-state index is 1.18. The van der Waals surface area contributed by atoms with Crippen molar-refractivity contribution in [1.82, 2.24) is 0 Å². The molecule has 8 aromatic rings. The molecule has 0 saturated carbocycles. The molecule has 0 fully saturated rings. The van der Waals surface area contributed by atoms with E-state index >= 15 is 0 Å². The highest BCUT2D eigenvalue weighted by atomic mass is 14.3. The van der Waals surface area contributed by atoms with Crippen LogP contribution in [0.4, 0.5) is 0 Å². The maximum Gasteiger partial charge on any atom is -0.000763 e. The summed E-state index contributed by atoms with van der Waals surface area (Å²) >= 11 is 0. The maximum atomic E-state index is 2.33. The van der Waals surface area contributed by atoms with Crippen molar-refractivity contribution in [3.63, 3.8) is 0 Å².